The first kappa shape index (κ1) is 24.8. The lowest BCUT2D eigenvalue weighted by Gasteiger charge is -2.24. The van der Waals surface area contributed by atoms with Gasteiger partial charge in [-0.25, -0.2) is 9.18 Å². The molecule has 4 rings (SSSR count). The van der Waals surface area contributed by atoms with Crippen LogP contribution < -0.4 is 5.73 Å². The number of aryl methyl sites for hydroxylation is 2. The Balaban J connectivity index is 1.51. The Morgan fingerprint density at radius 3 is 2.82 bits per heavy atom. The van der Waals surface area contributed by atoms with Gasteiger partial charge in [-0.3, -0.25) is 0 Å². The normalized spacial score (nSPS) is 24.4. The second-order valence-corrected chi connectivity index (χ2v) is 11.0. The van der Waals surface area contributed by atoms with Crippen molar-refractivity contribution in [1.82, 2.24) is 4.90 Å². The summed E-state index contributed by atoms with van der Waals surface area (Å²) in [6, 6.07) is 11.1. The molecule has 1 saturated carbocycles. The summed E-state index contributed by atoms with van der Waals surface area (Å²) in [5.74, 6) is 0.210. The zero-order valence-electron chi connectivity index (χ0n) is 20.5. The summed E-state index contributed by atoms with van der Waals surface area (Å²) in [4.78, 5) is 14.6. The van der Waals surface area contributed by atoms with Crippen molar-refractivity contribution in [3.05, 3.63) is 63.9 Å². The monoisotopic (exact) mass is 486 g/mol. The molecule has 4 nitrogen and oxygen atoms in total. The molecule has 1 aliphatic heterocycles. The molecule has 2 fully saturated rings. The third-order valence-corrected chi connectivity index (χ3v) is 8.49. The molecule has 2 aliphatic rings. The number of ether oxygens (including phenoxy) is 1. The lowest BCUT2D eigenvalue weighted by atomic mass is 9.81. The Morgan fingerprint density at radius 2 is 2.09 bits per heavy atom. The number of hydrogen-bond donors (Lipinski definition) is 1. The quantitative estimate of drug-likeness (QED) is 0.417. The van der Waals surface area contributed by atoms with E-state index in [0.717, 1.165) is 48.8 Å². The third kappa shape index (κ3) is 5.05. The van der Waals surface area contributed by atoms with Crippen molar-refractivity contribution in [3.8, 4) is 0 Å². The Hall–Kier alpha value is -2.27. The summed E-state index contributed by atoms with van der Waals surface area (Å²) in [7, 11) is 0. The lowest BCUT2D eigenvalue weighted by molar-refractivity contribution is 0.0939. The first-order valence-electron chi connectivity index (χ1n) is 12.4. The van der Waals surface area contributed by atoms with Gasteiger partial charge in [-0.15, -0.1) is 0 Å². The van der Waals surface area contributed by atoms with E-state index in [4.69, 9.17) is 22.1 Å². The lowest BCUT2D eigenvalue weighted by Crippen LogP contribution is -2.32. The van der Waals surface area contributed by atoms with E-state index in [0.29, 0.717) is 42.7 Å². The minimum atomic E-state index is -0.218. The van der Waals surface area contributed by atoms with Crippen molar-refractivity contribution >= 4 is 23.4 Å². The summed E-state index contributed by atoms with van der Waals surface area (Å²) < 4.78 is 20.3. The molecule has 1 spiro atoms. The SMILES string of the molecule is CCC(C)COC(=O)N1CC[C@@]2(C1)C[C@@]2(CCc1ccc(N)c(Cl)c1)Cc1cc(C)ccc1F. The number of carbonyl (C=O) groups excluding carboxylic acids is 1. The predicted octanol–water partition coefficient (Wildman–Crippen LogP) is 6.81. The summed E-state index contributed by atoms with van der Waals surface area (Å²) in [5.41, 5.74) is 9.38. The molecule has 0 radical (unpaired) electrons. The van der Waals surface area contributed by atoms with Gasteiger partial charge in [0.15, 0.2) is 0 Å². The summed E-state index contributed by atoms with van der Waals surface area (Å²) in [6.07, 6.45) is 5.12. The Kier molecular flexibility index (Phi) is 7.14. The molecule has 2 aromatic rings. The number of likely N-dealkylation sites (tertiary alicyclic amines) is 1. The van der Waals surface area contributed by atoms with Crippen molar-refractivity contribution in [2.24, 2.45) is 16.7 Å². The second-order valence-electron chi connectivity index (χ2n) is 10.6. The Morgan fingerprint density at radius 1 is 1.29 bits per heavy atom. The fourth-order valence-electron chi connectivity index (χ4n) is 5.64. The fraction of sp³-hybridized carbons (Fsp3) is 0.536. The van der Waals surface area contributed by atoms with Gasteiger partial charge in [-0.1, -0.05) is 55.6 Å². The average Bonchev–Trinajstić information content (AvgIpc) is 3.18. The number of hydrogen-bond acceptors (Lipinski definition) is 3. The molecule has 1 heterocycles. The topological polar surface area (TPSA) is 55.6 Å². The van der Waals surface area contributed by atoms with Crippen molar-refractivity contribution in [2.75, 3.05) is 25.4 Å². The van der Waals surface area contributed by atoms with Gasteiger partial charge in [0.25, 0.3) is 0 Å². The minimum absolute atomic E-state index is 0.0101. The maximum atomic E-state index is 14.8. The molecule has 0 aromatic heterocycles. The van der Waals surface area contributed by atoms with Crippen LogP contribution in [0.1, 0.15) is 56.2 Å². The van der Waals surface area contributed by atoms with E-state index in [1.165, 1.54) is 0 Å². The van der Waals surface area contributed by atoms with Crippen LogP contribution in [-0.4, -0.2) is 30.7 Å². The van der Waals surface area contributed by atoms with Crippen molar-refractivity contribution in [2.45, 2.75) is 59.3 Å². The zero-order chi connectivity index (χ0) is 24.5. The van der Waals surface area contributed by atoms with Crippen LogP contribution in [0.3, 0.4) is 0 Å². The standard InChI is InChI=1S/C28H36ClFN2O2/c1-4-19(2)16-34-26(33)32-12-11-28(18-32)17-27(28,15-22-13-20(3)5-7-24(22)30)10-9-21-6-8-25(31)23(29)14-21/h5-8,13-14,19H,4,9-12,15-18,31H2,1-3H3/t19?,27-,28+/m1/s1. The maximum absolute atomic E-state index is 14.8. The zero-order valence-corrected chi connectivity index (χ0v) is 21.3. The van der Waals surface area contributed by atoms with E-state index in [-0.39, 0.29) is 22.7 Å². The largest absolute Gasteiger partial charge is 0.449 e. The number of halogens is 2. The first-order chi connectivity index (χ1) is 16.2. The fourth-order valence-corrected chi connectivity index (χ4v) is 5.84. The highest BCUT2D eigenvalue weighted by atomic mass is 35.5. The van der Waals surface area contributed by atoms with Gasteiger partial charge < -0.3 is 15.4 Å². The van der Waals surface area contributed by atoms with Crippen LogP contribution in [0.5, 0.6) is 0 Å². The molecule has 184 valence electrons. The van der Waals surface area contributed by atoms with Gasteiger partial charge in [0.1, 0.15) is 5.82 Å². The van der Waals surface area contributed by atoms with Crippen molar-refractivity contribution < 1.29 is 13.9 Å². The number of benzene rings is 2. The van der Waals surface area contributed by atoms with E-state index in [2.05, 4.69) is 13.8 Å². The Bertz CT molecular complexity index is 1060. The Labute approximate surface area is 207 Å². The van der Waals surface area contributed by atoms with Gasteiger partial charge in [-0.2, -0.15) is 0 Å². The van der Waals surface area contributed by atoms with Crippen LogP contribution in [-0.2, 0) is 17.6 Å². The minimum Gasteiger partial charge on any atom is -0.449 e. The first-order valence-corrected chi connectivity index (χ1v) is 12.8. The number of amides is 1. The molecule has 1 unspecified atom stereocenters. The van der Waals surface area contributed by atoms with Crippen LogP contribution in [0.25, 0.3) is 0 Å². The van der Waals surface area contributed by atoms with Gasteiger partial charge >= 0.3 is 6.09 Å². The molecular weight excluding hydrogens is 451 g/mol. The van der Waals surface area contributed by atoms with E-state index in [1.54, 1.807) is 6.07 Å². The van der Waals surface area contributed by atoms with Crippen LogP contribution >= 0.6 is 11.6 Å². The van der Waals surface area contributed by atoms with Gasteiger partial charge in [0.2, 0.25) is 0 Å². The summed E-state index contributed by atoms with van der Waals surface area (Å²) in [6.45, 7) is 8.02. The average molecular weight is 487 g/mol. The van der Waals surface area contributed by atoms with E-state index >= 15 is 0 Å². The van der Waals surface area contributed by atoms with Crippen molar-refractivity contribution in [3.63, 3.8) is 0 Å². The number of nitrogens with two attached hydrogens (primary N) is 1. The maximum Gasteiger partial charge on any atom is 0.409 e. The molecule has 6 heteroatoms. The van der Waals surface area contributed by atoms with Crippen molar-refractivity contribution in [1.29, 1.82) is 0 Å². The highest BCUT2D eigenvalue weighted by molar-refractivity contribution is 6.33. The van der Waals surface area contributed by atoms with Crippen LogP contribution in [0.4, 0.5) is 14.9 Å². The van der Waals surface area contributed by atoms with Gasteiger partial charge in [-0.05, 0) is 85.1 Å². The number of rotatable bonds is 8. The molecule has 3 atom stereocenters. The molecule has 2 aromatic carbocycles. The third-order valence-electron chi connectivity index (χ3n) is 8.16. The number of carbonyl (C=O) groups is 1. The predicted molar refractivity (Wildman–Crippen MR) is 136 cm³/mol. The van der Waals surface area contributed by atoms with Gasteiger partial charge in [0.05, 0.1) is 17.3 Å². The van der Waals surface area contributed by atoms with E-state index in [1.807, 2.05) is 42.2 Å². The summed E-state index contributed by atoms with van der Waals surface area (Å²) >= 11 is 6.25. The van der Waals surface area contributed by atoms with E-state index < -0.39 is 0 Å². The number of nitrogen functional groups attached to an aromatic ring is 1. The van der Waals surface area contributed by atoms with Crippen LogP contribution in [0.2, 0.25) is 5.02 Å². The van der Waals surface area contributed by atoms with E-state index in [9.17, 15) is 9.18 Å². The molecule has 1 amide bonds. The number of nitrogens with zero attached hydrogens (tertiary/aromatic N) is 1. The number of anilines is 1. The van der Waals surface area contributed by atoms with Gasteiger partial charge in [0, 0.05) is 13.1 Å². The second kappa shape index (κ2) is 9.77. The summed E-state index contributed by atoms with van der Waals surface area (Å²) in [5, 5.41) is 0.567. The highest BCUT2D eigenvalue weighted by Crippen LogP contribution is 2.71. The molecule has 1 aliphatic carbocycles. The highest BCUT2D eigenvalue weighted by Gasteiger charge is 2.68. The molecule has 0 bridgehead atoms. The smallest absolute Gasteiger partial charge is 0.409 e. The van der Waals surface area contributed by atoms with Crippen LogP contribution in [0, 0.1) is 29.5 Å². The molecule has 2 N–H and O–H groups in total. The molecule has 34 heavy (non-hydrogen) atoms. The molecular formula is C28H36ClFN2O2. The van der Waals surface area contributed by atoms with Crippen LogP contribution in [0.15, 0.2) is 36.4 Å². The molecule has 1 saturated heterocycles.